The van der Waals surface area contributed by atoms with Crippen LogP contribution in [-0.2, 0) is 17.9 Å². The third-order valence-electron chi connectivity index (χ3n) is 3.64. The molecule has 1 heterocycles. The highest BCUT2D eigenvalue weighted by Gasteiger charge is 2.10. The maximum atomic E-state index is 10.1. The van der Waals surface area contributed by atoms with Crippen LogP contribution in [0.3, 0.4) is 0 Å². The van der Waals surface area contributed by atoms with E-state index in [2.05, 4.69) is 20.7 Å². The van der Waals surface area contributed by atoms with Crippen molar-refractivity contribution in [1.82, 2.24) is 15.2 Å². The average molecular weight is 377 g/mol. The van der Waals surface area contributed by atoms with Gasteiger partial charge >= 0.3 is 0 Å². The molecular weight excluding hydrogens is 348 g/mol. The smallest absolute Gasteiger partial charge is 0.194 e. The number of thiazole rings is 1. The van der Waals surface area contributed by atoms with Crippen LogP contribution in [0.15, 0.2) is 40.7 Å². The molecule has 0 aliphatic rings. The van der Waals surface area contributed by atoms with Gasteiger partial charge in [0.05, 0.1) is 43.1 Å². The Morgan fingerprint density at radius 2 is 2.15 bits per heavy atom. The molecule has 2 aromatic rings. The lowest BCUT2D eigenvalue weighted by molar-refractivity contribution is 0.0330. The molecule has 0 aliphatic carbocycles. The Bertz CT molecular complexity index is 675. The number of hydrogen-bond donors (Lipinski definition) is 2. The molecule has 26 heavy (non-hydrogen) atoms. The molecule has 0 saturated carbocycles. The second kappa shape index (κ2) is 10.9. The number of aliphatic hydroxyl groups excluding tert-OH is 1. The Labute approximate surface area is 159 Å². The third-order valence-corrected chi connectivity index (χ3v) is 4.46. The summed E-state index contributed by atoms with van der Waals surface area (Å²) >= 11 is 1.64. The normalized spacial score (nSPS) is 12.8. The summed E-state index contributed by atoms with van der Waals surface area (Å²) in [6.45, 7) is 6.50. The first-order valence-corrected chi connectivity index (χ1v) is 9.66. The molecule has 2 N–H and O–H groups in total. The lowest BCUT2D eigenvalue weighted by atomic mass is 10.2. The first-order valence-electron chi connectivity index (χ1n) is 8.78. The van der Waals surface area contributed by atoms with Crippen LogP contribution in [-0.4, -0.2) is 53.8 Å². The fourth-order valence-corrected chi connectivity index (χ4v) is 3.00. The van der Waals surface area contributed by atoms with E-state index in [1.165, 1.54) is 0 Å². The minimum Gasteiger partial charge on any atom is -0.389 e. The van der Waals surface area contributed by atoms with E-state index in [0.29, 0.717) is 13.2 Å². The quantitative estimate of drug-likeness (QED) is 0.520. The third kappa shape index (κ3) is 7.11. The monoisotopic (exact) mass is 376 g/mol. The van der Waals surface area contributed by atoms with Crippen LogP contribution in [0.25, 0.3) is 0 Å². The lowest BCUT2D eigenvalue weighted by Gasteiger charge is -2.21. The summed E-state index contributed by atoms with van der Waals surface area (Å²) in [6, 6.07) is 9.92. The summed E-state index contributed by atoms with van der Waals surface area (Å²) in [5.74, 6) is 0.750. The van der Waals surface area contributed by atoms with E-state index in [1.807, 2.05) is 56.1 Å². The molecule has 0 saturated heterocycles. The highest BCUT2D eigenvalue weighted by molar-refractivity contribution is 7.09. The number of aliphatic imine (C=N–C) groups is 1. The fraction of sp³-hybridized carbons (Fsp3) is 0.474. The molecule has 0 aliphatic heterocycles. The summed E-state index contributed by atoms with van der Waals surface area (Å²) in [5, 5.41) is 16.5. The molecule has 1 aromatic carbocycles. The molecule has 7 heteroatoms. The molecule has 0 amide bonds. The van der Waals surface area contributed by atoms with Gasteiger partial charge in [0.1, 0.15) is 0 Å². The van der Waals surface area contributed by atoms with Crippen molar-refractivity contribution < 1.29 is 9.84 Å². The Kier molecular flexibility index (Phi) is 8.53. The van der Waals surface area contributed by atoms with Crippen molar-refractivity contribution in [3.05, 3.63) is 52.0 Å². The number of guanidine groups is 1. The van der Waals surface area contributed by atoms with Crippen LogP contribution in [0.5, 0.6) is 0 Å². The van der Waals surface area contributed by atoms with Crippen LogP contribution in [0.1, 0.15) is 23.2 Å². The van der Waals surface area contributed by atoms with Gasteiger partial charge in [-0.1, -0.05) is 30.3 Å². The molecular formula is C19H28N4O2S. The van der Waals surface area contributed by atoms with Crippen molar-refractivity contribution >= 4 is 17.3 Å². The standard InChI is InChI=1S/C19H28N4O2S/c1-4-20-19(23(3)11-17-14-26-15(2)22-17)21-10-18(24)13-25-12-16-8-6-5-7-9-16/h5-9,14,18,24H,4,10-13H2,1-3H3,(H,20,21). The number of nitrogens with one attached hydrogen (secondary N) is 1. The van der Waals surface area contributed by atoms with Gasteiger partial charge in [0.15, 0.2) is 5.96 Å². The van der Waals surface area contributed by atoms with Crippen LogP contribution in [0, 0.1) is 6.92 Å². The SMILES string of the molecule is CCNC(=NCC(O)COCc1ccccc1)N(C)Cc1csc(C)n1. The zero-order chi connectivity index (χ0) is 18.8. The van der Waals surface area contributed by atoms with E-state index in [1.54, 1.807) is 11.3 Å². The molecule has 1 atom stereocenters. The minimum absolute atomic E-state index is 0.257. The van der Waals surface area contributed by atoms with E-state index in [-0.39, 0.29) is 13.2 Å². The van der Waals surface area contributed by atoms with Crippen molar-refractivity contribution in [2.45, 2.75) is 33.1 Å². The van der Waals surface area contributed by atoms with Gasteiger partial charge in [0.2, 0.25) is 0 Å². The molecule has 1 unspecified atom stereocenters. The van der Waals surface area contributed by atoms with Gasteiger partial charge in [0, 0.05) is 19.0 Å². The fourth-order valence-electron chi connectivity index (χ4n) is 2.40. The van der Waals surface area contributed by atoms with E-state index >= 15 is 0 Å². The summed E-state index contributed by atoms with van der Waals surface area (Å²) in [6.07, 6.45) is -0.637. The number of aliphatic hydroxyl groups is 1. The Morgan fingerprint density at radius 3 is 2.81 bits per heavy atom. The van der Waals surface area contributed by atoms with Gasteiger partial charge in [-0.05, 0) is 19.4 Å². The maximum Gasteiger partial charge on any atom is 0.194 e. The van der Waals surface area contributed by atoms with Crippen LogP contribution < -0.4 is 5.32 Å². The van der Waals surface area contributed by atoms with Crippen molar-refractivity contribution in [3.8, 4) is 0 Å². The van der Waals surface area contributed by atoms with Gasteiger partial charge < -0.3 is 20.1 Å². The van der Waals surface area contributed by atoms with Crippen LogP contribution in [0.4, 0.5) is 0 Å². The predicted octanol–water partition coefficient (Wildman–Crippen LogP) is 2.43. The van der Waals surface area contributed by atoms with Gasteiger partial charge in [0.25, 0.3) is 0 Å². The largest absolute Gasteiger partial charge is 0.389 e. The van der Waals surface area contributed by atoms with Gasteiger partial charge in [-0.3, -0.25) is 4.99 Å². The first-order chi connectivity index (χ1) is 12.6. The van der Waals surface area contributed by atoms with Crippen molar-refractivity contribution in [3.63, 3.8) is 0 Å². The molecule has 0 bridgehead atoms. The predicted molar refractivity (Wildman–Crippen MR) is 106 cm³/mol. The first kappa shape index (κ1) is 20.4. The van der Waals surface area contributed by atoms with Crippen LogP contribution in [0.2, 0.25) is 0 Å². The number of aryl methyl sites for hydroxylation is 1. The summed E-state index contributed by atoms with van der Waals surface area (Å²) in [4.78, 5) is 11.0. The number of aromatic nitrogens is 1. The van der Waals surface area contributed by atoms with Gasteiger partial charge in [-0.2, -0.15) is 0 Å². The Morgan fingerprint density at radius 1 is 1.38 bits per heavy atom. The number of nitrogens with zero attached hydrogens (tertiary/aromatic N) is 3. The van der Waals surface area contributed by atoms with Crippen molar-refractivity contribution in [1.29, 1.82) is 0 Å². The summed E-state index contributed by atoms with van der Waals surface area (Å²) < 4.78 is 5.57. The molecule has 0 fully saturated rings. The second-order valence-corrected chi connectivity index (χ2v) is 7.13. The zero-order valence-electron chi connectivity index (χ0n) is 15.7. The highest BCUT2D eigenvalue weighted by atomic mass is 32.1. The van der Waals surface area contributed by atoms with E-state index in [9.17, 15) is 5.11 Å². The number of benzene rings is 1. The van der Waals surface area contributed by atoms with E-state index < -0.39 is 6.10 Å². The second-order valence-electron chi connectivity index (χ2n) is 6.06. The van der Waals surface area contributed by atoms with E-state index in [0.717, 1.165) is 28.8 Å². The summed E-state index contributed by atoms with van der Waals surface area (Å²) in [7, 11) is 1.97. The highest BCUT2D eigenvalue weighted by Crippen LogP contribution is 2.10. The Hall–Kier alpha value is -1.96. The lowest BCUT2D eigenvalue weighted by Crippen LogP contribution is -2.39. The molecule has 2 rings (SSSR count). The van der Waals surface area contributed by atoms with Gasteiger partial charge in [-0.15, -0.1) is 11.3 Å². The zero-order valence-corrected chi connectivity index (χ0v) is 16.5. The molecule has 0 radical (unpaired) electrons. The maximum absolute atomic E-state index is 10.1. The number of ether oxygens (including phenoxy) is 1. The summed E-state index contributed by atoms with van der Waals surface area (Å²) in [5.41, 5.74) is 2.11. The molecule has 1 aromatic heterocycles. The topological polar surface area (TPSA) is 70.0 Å². The molecule has 0 spiro atoms. The van der Waals surface area contributed by atoms with Crippen molar-refractivity contribution in [2.24, 2.45) is 4.99 Å². The molecule has 6 nitrogen and oxygen atoms in total. The van der Waals surface area contributed by atoms with Gasteiger partial charge in [-0.25, -0.2) is 4.98 Å². The Balaban J connectivity index is 1.80. The van der Waals surface area contributed by atoms with E-state index in [4.69, 9.17) is 4.74 Å². The van der Waals surface area contributed by atoms with Crippen LogP contribution >= 0.6 is 11.3 Å². The van der Waals surface area contributed by atoms with Crippen molar-refractivity contribution in [2.75, 3.05) is 26.7 Å². The molecule has 142 valence electrons. The average Bonchev–Trinajstić information content (AvgIpc) is 3.04. The minimum atomic E-state index is -0.637. The number of rotatable bonds is 9. The number of hydrogen-bond acceptors (Lipinski definition) is 5.